The zero-order chi connectivity index (χ0) is 12.3. The summed E-state index contributed by atoms with van der Waals surface area (Å²) in [7, 11) is 0. The average Bonchev–Trinajstić information content (AvgIpc) is 2.80. The summed E-state index contributed by atoms with van der Waals surface area (Å²) >= 11 is 0. The van der Waals surface area contributed by atoms with Crippen LogP contribution in [0.1, 0.15) is 22.5 Å². The average molecular weight is 232 g/mol. The van der Waals surface area contributed by atoms with Crippen LogP contribution >= 0.6 is 0 Å². The van der Waals surface area contributed by atoms with E-state index in [1.54, 1.807) is 12.3 Å². The van der Waals surface area contributed by atoms with Gasteiger partial charge >= 0.3 is 0 Å². The van der Waals surface area contributed by atoms with E-state index in [1.165, 1.54) is 0 Å². The van der Waals surface area contributed by atoms with Crippen LogP contribution in [0.5, 0.6) is 5.75 Å². The maximum Gasteiger partial charge on any atom is 0.174 e. The first kappa shape index (κ1) is 11.7. The molecule has 0 spiro atoms. The smallest absolute Gasteiger partial charge is 0.174 e. The summed E-state index contributed by atoms with van der Waals surface area (Å²) in [5, 5.41) is 3.64. The van der Waals surface area contributed by atoms with E-state index in [2.05, 4.69) is 5.16 Å². The van der Waals surface area contributed by atoms with Crippen molar-refractivity contribution in [1.29, 1.82) is 0 Å². The molecule has 0 aliphatic heterocycles. The first-order valence-corrected chi connectivity index (χ1v) is 5.53. The van der Waals surface area contributed by atoms with Gasteiger partial charge in [0.05, 0.1) is 6.20 Å². The van der Waals surface area contributed by atoms with Gasteiger partial charge in [0.25, 0.3) is 0 Å². The minimum Gasteiger partial charge on any atom is -0.485 e. The van der Waals surface area contributed by atoms with Gasteiger partial charge in [-0.1, -0.05) is 17.3 Å². The van der Waals surface area contributed by atoms with Crippen LogP contribution in [0.2, 0.25) is 0 Å². The zero-order valence-corrected chi connectivity index (χ0v) is 10.1. The van der Waals surface area contributed by atoms with Gasteiger partial charge in [-0.2, -0.15) is 0 Å². The van der Waals surface area contributed by atoms with E-state index < -0.39 is 0 Å². The maximum absolute atomic E-state index is 5.74. The summed E-state index contributed by atoms with van der Waals surface area (Å²) in [6.07, 6.45) is 1.61. The molecule has 0 saturated carbocycles. The highest BCUT2D eigenvalue weighted by atomic mass is 16.5. The summed E-state index contributed by atoms with van der Waals surface area (Å²) in [6, 6.07) is 5.88. The number of nitrogens with two attached hydrogens (primary N) is 1. The van der Waals surface area contributed by atoms with Crippen molar-refractivity contribution in [1.82, 2.24) is 5.16 Å². The van der Waals surface area contributed by atoms with Gasteiger partial charge in [-0.05, 0) is 30.5 Å². The molecule has 0 aliphatic rings. The van der Waals surface area contributed by atoms with Crippen molar-refractivity contribution in [3.8, 4) is 5.75 Å². The minimum absolute atomic E-state index is 0.393. The molecule has 90 valence electrons. The molecule has 0 fully saturated rings. The number of hydrogen-bond donors (Lipinski definition) is 1. The van der Waals surface area contributed by atoms with E-state index in [0.29, 0.717) is 18.9 Å². The predicted octanol–water partition coefficient (Wildman–Crippen LogP) is 2.33. The highest BCUT2D eigenvalue weighted by molar-refractivity contribution is 5.43. The highest BCUT2D eigenvalue weighted by Crippen LogP contribution is 2.25. The van der Waals surface area contributed by atoms with Crippen LogP contribution < -0.4 is 10.5 Å². The summed E-state index contributed by atoms with van der Waals surface area (Å²) < 4.78 is 10.7. The Balaban J connectivity index is 2.15. The molecule has 2 N–H and O–H groups in total. The molecular formula is C13H16N2O2. The van der Waals surface area contributed by atoms with Gasteiger partial charge in [-0.15, -0.1) is 0 Å². The van der Waals surface area contributed by atoms with Crippen LogP contribution in [-0.4, -0.2) is 5.16 Å². The Hall–Kier alpha value is -1.81. The first-order chi connectivity index (χ1) is 8.20. The van der Waals surface area contributed by atoms with Gasteiger partial charge in [0.1, 0.15) is 12.4 Å². The second kappa shape index (κ2) is 5.01. The fraction of sp³-hybridized carbons (Fsp3) is 0.308. The summed E-state index contributed by atoms with van der Waals surface area (Å²) in [4.78, 5) is 0. The topological polar surface area (TPSA) is 61.3 Å². The Labute approximate surface area is 100 Å². The van der Waals surface area contributed by atoms with Gasteiger partial charge in [0.15, 0.2) is 5.76 Å². The van der Waals surface area contributed by atoms with Gasteiger partial charge in [0, 0.05) is 12.6 Å². The molecule has 0 atom stereocenters. The van der Waals surface area contributed by atoms with Crippen LogP contribution in [0.4, 0.5) is 0 Å². The lowest BCUT2D eigenvalue weighted by Gasteiger charge is -2.12. The second-order valence-corrected chi connectivity index (χ2v) is 4.03. The van der Waals surface area contributed by atoms with Crippen LogP contribution in [0.25, 0.3) is 0 Å². The first-order valence-electron chi connectivity index (χ1n) is 5.53. The van der Waals surface area contributed by atoms with Gasteiger partial charge < -0.3 is 15.0 Å². The number of nitrogens with zero attached hydrogens (tertiary/aromatic N) is 1. The molecule has 1 aromatic carbocycles. The number of aromatic nitrogens is 1. The lowest BCUT2D eigenvalue weighted by atomic mass is 10.1. The maximum atomic E-state index is 5.74. The predicted molar refractivity (Wildman–Crippen MR) is 64.6 cm³/mol. The van der Waals surface area contributed by atoms with Crippen LogP contribution in [0.15, 0.2) is 28.9 Å². The molecule has 0 bridgehead atoms. The SMILES string of the molecule is Cc1cc(CN)cc(C)c1OCc1ccno1. The van der Waals surface area contributed by atoms with Crippen molar-refractivity contribution in [3.05, 3.63) is 46.8 Å². The van der Waals surface area contributed by atoms with Gasteiger partial charge in [-0.25, -0.2) is 0 Å². The summed E-state index contributed by atoms with van der Waals surface area (Å²) in [6.45, 7) is 4.97. The van der Waals surface area contributed by atoms with Gasteiger partial charge in [0.2, 0.25) is 0 Å². The molecule has 4 nitrogen and oxygen atoms in total. The van der Waals surface area contributed by atoms with E-state index in [0.717, 1.165) is 22.4 Å². The number of hydrogen-bond acceptors (Lipinski definition) is 4. The third kappa shape index (κ3) is 2.65. The molecular weight excluding hydrogens is 216 g/mol. The molecule has 2 rings (SSSR count). The van der Waals surface area contributed by atoms with E-state index in [1.807, 2.05) is 26.0 Å². The molecule has 0 saturated heterocycles. The number of rotatable bonds is 4. The largest absolute Gasteiger partial charge is 0.485 e. The Morgan fingerprint density at radius 3 is 2.53 bits per heavy atom. The number of ether oxygens (including phenoxy) is 1. The fourth-order valence-electron chi connectivity index (χ4n) is 1.85. The standard InChI is InChI=1S/C13H16N2O2/c1-9-5-11(7-14)6-10(2)13(9)16-8-12-3-4-15-17-12/h3-6H,7-8,14H2,1-2H3. The molecule has 17 heavy (non-hydrogen) atoms. The zero-order valence-electron chi connectivity index (χ0n) is 10.1. The number of aryl methyl sites for hydroxylation is 2. The lowest BCUT2D eigenvalue weighted by molar-refractivity contribution is 0.246. The molecule has 1 heterocycles. The van der Waals surface area contributed by atoms with E-state index >= 15 is 0 Å². The third-order valence-electron chi connectivity index (χ3n) is 2.61. The number of benzene rings is 1. The quantitative estimate of drug-likeness (QED) is 0.878. The monoisotopic (exact) mass is 232 g/mol. The highest BCUT2D eigenvalue weighted by Gasteiger charge is 2.07. The Morgan fingerprint density at radius 1 is 1.29 bits per heavy atom. The van der Waals surface area contributed by atoms with Crippen LogP contribution in [0, 0.1) is 13.8 Å². The Morgan fingerprint density at radius 2 is 2.00 bits per heavy atom. The van der Waals surface area contributed by atoms with E-state index in [4.69, 9.17) is 15.0 Å². The molecule has 1 aromatic heterocycles. The lowest BCUT2D eigenvalue weighted by Crippen LogP contribution is -2.02. The van der Waals surface area contributed by atoms with Gasteiger partial charge in [-0.3, -0.25) is 0 Å². The molecule has 4 heteroatoms. The summed E-state index contributed by atoms with van der Waals surface area (Å²) in [5.74, 6) is 1.60. The molecule has 0 amide bonds. The third-order valence-corrected chi connectivity index (χ3v) is 2.61. The Bertz CT molecular complexity index is 469. The van der Waals surface area contributed by atoms with Crippen molar-refractivity contribution >= 4 is 0 Å². The Kier molecular flexibility index (Phi) is 3.44. The minimum atomic E-state index is 0.393. The van der Waals surface area contributed by atoms with Crippen molar-refractivity contribution in [3.63, 3.8) is 0 Å². The molecule has 0 radical (unpaired) electrons. The molecule has 2 aromatic rings. The van der Waals surface area contributed by atoms with Crippen molar-refractivity contribution in [2.75, 3.05) is 0 Å². The van der Waals surface area contributed by atoms with E-state index in [9.17, 15) is 0 Å². The van der Waals surface area contributed by atoms with Crippen molar-refractivity contribution in [2.24, 2.45) is 5.73 Å². The van der Waals surface area contributed by atoms with Crippen LogP contribution in [0.3, 0.4) is 0 Å². The van der Waals surface area contributed by atoms with Crippen LogP contribution in [-0.2, 0) is 13.2 Å². The normalized spacial score (nSPS) is 10.5. The fourth-order valence-corrected chi connectivity index (χ4v) is 1.85. The van der Waals surface area contributed by atoms with Crippen molar-refractivity contribution in [2.45, 2.75) is 27.0 Å². The molecule has 0 unspecified atom stereocenters. The molecule has 0 aliphatic carbocycles. The summed E-state index contributed by atoms with van der Waals surface area (Å²) in [5.41, 5.74) is 8.92. The van der Waals surface area contributed by atoms with E-state index in [-0.39, 0.29) is 0 Å². The second-order valence-electron chi connectivity index (χ2n) is 4.03. The van der Waals surface area contributed by atoms with Crippen molar-refractivity contribution < 1.29 is 9.26 Å².